The quantitative estimate of drug-likeness (QED) is 0.524. The molecule has 5 nitrogen and oxygen atoms in total. The van der Waals surface area contributed by atoms with E-state index < -0.39 is 14.4 Å². The Morgan fingerprint density at radius 3 is 2.42 bits per heavy atom. The second-order valence-electron chi connectivity index (χ2n) is 7.93. The van der Waals surface area contributed by atoms with Gasteiger partial charge in [0.05, 0.1) is 18.8 Å². The van der Waals surface area contributed by atoms with Gasteiger partial charge in [0.2, 0.25) is 0 Å². The molecule has 0 aromatic heterocycles. The SMILES string of the molecule is C[C@@H](O[Si](C)(C)C(C)(C)C)[C@H](/C=C\CO)NC(=O)OCc1ccccc1. The van der Waals surface area contributed by atoms with Gasteiger partial charge in [-0.3, -0.25) is 0 Å². The minimum atomic E-state index is -1.98. The molecule has 1 rings (SSSR count). The summed E-state index contributed by atoms with van der Waals surface area (Å²) in [6, 6.07) is 9.15. The van der Waals surface area contributed by atoms with E-state index in [0.29, 0.717) is 0 Å². The third-order valence-electron chi connectivity index (χ3n) is 4.74. The highest BCUT2D eigenvalue weighted by atomic mass is 28.4. The molecule has 0 saturated heterocycles. The van der Waals surface area contributed by atoms with Crippen molar-refractivity contribution in [3.05, 3.63) is 48.0 Å². The highest BCUT2D eigenvalue weighted by Gasteiger charge is 2.39. The lowest BCUT2D eigenvalue weighted by Gasteiger charge is -2.40. The van der Waals surface area contributed by atoms with Crippen molar-refractivity contribution in [1.29, 1.82) is 0 Å². The molecule has 0 bridgehead atoms. The maximum Gasteiger partial charge on any atom is 0.408 e. The number of rotatable bonds is 8. The van der Waals surface area contributed by atoms with Crippen LogP contribution in [0.4, 0.5) is 4.79 Å². The Hall–Kier alpha value is -1.63. The van der Waals surface area contributed by atoms with Gasteiger partial charge in [0.25, 0.3) is 0 Å². The highest BCUT2D eigenvalue weighted by Crippen LogP contribution is 2.37. The molecule has 0 aliphatic heterocycles. The van der Waals surface area contributed by atoms with E-state index in [9.17, 15) is 4.79 Å². The molecule has 6 heteroatoms. The average Bonchev–Trinajstić information content (AvgIpc) is 2.56. The van der Waals surface area contributed by atoms with Gasteiger partial charge in [0.15, 0.2) is 8.32 Å². The molecule has 0 aliphatic carbocycles. The number of aliphatic hydroxyl groups excluding tert-OH is 1. The summed E-state index contributed by atoms with van der Waals surface area (Å²) in [5.74, 6) is 0. The maximum atomic E-state index is 12.2. The lowest BCUT2D eigenvalue weighted by atomic mass is 10.2. The third-order valence-corrected chi connectivity index (χ3v) is 9.31. The summed E-state index contributed by atoms with van der Waals surface area (Å²) in [4.78, 5) is 12.2. The molecule has 0 radical (unpaired) electrons. The summed E-state index contributed by atoms with van der Waals surface area (Å²) in [7, 11) is -1.98. The number of aliphatic hydroxyl groups is 1. The van der Waals surface area contributed by atoms with Crippen molar-refractivity contribution in [1.82, 2.24) is 5.32 Å². The predicted octanol–water partition coefficient (Wildman–Crippen LogP) is 4.24. The Morgan fingerprint density at radius 1 is 1.27 bits per heavy atom. The van der Waals surface area contributed by atoms with Crippen LogP contribution in [0.3, 0.4) is 0 Å². The van der Waals surface area contributed by atoms with E-state index in [1.807, 2.05) is 37.3 Å². The zero-order chi connectivity index (χ0) is 19.8. The molecular formula is C20H33NO4Si. The molecule has 0 aliphatic rings. The zero-order valence-corrected chi connectivity index (χ0v) is 17.8. The molecule has 1 aromatic carbocycles. The van der Waals surface area contributed by atoms with Crippen molar-refractivity contribution in [3.8, 4) is 0 Å². The maximum absolute atomic E-state index is 12.2. The number of benzene rings is 1. The molecule has 1 aromatic rings. The van der Waals surface area contributed by atoms with Crippen molar-refractivity contribution in [3.63, 3.8) is 0 Å². The van der Waals surface area contributed by atoms with Crippen LogP contribution in [0.25, 0.3) is 0 Å². The van der Waals surface area contributed by atoms with Crippen LogP contribution in [-0.2, 0) is 15.8 Å². The first-order valence-electron chi connectivity index (χ1n) is 8.99. The van der Waals surface area contributed by atoms with Gasteiger partial charge < -0.3 is 19.6 Å². The van der Waals surface area contributed by atoms with Crippen molar-refractivity contribution >= 4 is 14.4 Å². The van der Waals surface area contributed by atoms with Crippen LogP contribution in [-0.4, -0.2) is 38.3 Å². The molecule has 0 fully saturated rings. The molecule has 0 heterocycles. The topological polar surface area (TPSA) is 67.8 Å². The first kappa shape index (κ1) is 22.4. The summed E-state index contributed by atoms with van der Waals surface area (Å²) < 4.78 is 11.7. The van der Waals surface area contributed by atoms with E-state index in [-0.39, 0.29) is 30.4 Å². The van der Waals surface area contributed by atoms with Gasteiger partial charge in [0, 0.05) is 0 Å². The minimum Gasteiger partial charge on any atom is -0.445 e. The standard InChI is InChI=1S/C20H33NO4Si/c1-16(25-26(5,6)20(2,3)4)18(13-10-14-22)21-19(23)24-15-17-11-8-7-9-12-17/h7-13,16,18,22H,14-15H2,1-6H3,(H,21,23)/b13-10-/t16-,18+/m1/s1. The van der Waals surface area contributed by atoms with Crippen LogP contribution in [0.15, 0.2) is 42.5 Å². The van der Waals surface area contributed by atoms with E-state index in [1.165, 1.54) is 0 Å². The lowest BCUT2D eigenvalue weighted by molar-refractivity contribution is 0.121. The Kier molecular flexibility index (Phi) is 8.53. The second kappa shape index (κ2) is 9.90. The van der Waals surface area contributed by atoms with E-state index in [0.717, 1.165) is 5.56 Å². The summed E-state index contributed by atoms with van der Waals surface area (Å²) in [6.07, 6.45) is 2.62. The molecule has 26 heavy (non-hydrogen) atoms. The van der Waals surface area contributed by atoms with Crippen LogP contribution in [0.2, 0.25) is 18.1 Å². The number of hydrogen-bond acceptors (Lipinski definition) is 4. The predicted molar refractivity (Wildman–Crippen MR) is 108 cm³/mol. The number of hydrogen-bond donors (Lipinski definition) is 2. The minimum absolute atomic E-state index is 0.0698. The first-order valence-corrected chi connectivity index (χ1v) is 11.9. The third kappa shape index (κ3) is 7.31. The van der Waals surface area contributed by atoms with Crippen LogP contribution in [0, 0.1) is 0 Å². The molecular weight excluding hydrogens is 346 g/mol. The fourth-order valence-electron chi connectivity index (χ4n) is 2.15. The summed E-state index contributed by atoms with van der Waals surface area (Å²) >= 11 is 0. The fraction of sp³-hybridized carbons (Fsp3) is 0.550. The lowest BCUT2D eigenvalue weighted by Crippen LogP contribution is -2.50. The van der Waals surface area contributed by atoms with Gasteiger partial charge in [-0.1, -0.05) is 63.3 Å². The van der Waals surface area contributed by atoms with Crippen LogP contribution < -0.4 is 5.32 Å². The number of carbonyl (C=O) groups is 1. The summed E-state index contributed by atoms with van der Waals surface area (Å²) in [5.41, 5.74) is 0.927. The summed E-state index contributed by atoms with van der Waals surface area (Å²) in [5, 5.41) is 12.0. The van der Waals surface area contributed by atoms with Gasteiger partial charge in [-0.15, -0.1) is 0 Å². The molecule has 0 saturated carbocycles. The van der Waals surface area contributed by atoms with Gasteiger partial charge in [0.1, 0.15) is 6.61 Å². The first-order chi connectivity index (χ1) is 12.1. The molecule has 0 spiro atoms. The normalized spacial score (nSPS) is 14.9. The molecule has 1 amide bonds. The van der Waals surface area contributed by atoms with Crippen molar-refractivity contribution < 1.29 is 19.1 Å². The molecule has 2 N–H and O–H groups in total. The number of alkyl carbamates (subject to hydrolysis) is 1. The van der Waals surface area contributed by atoms with E-state index >= 15 is 0 Å². The number of nitrogens with one attached hydrogen (secondary N) is 1. The van der Waals surface area contributed by atoms with Crippen LogP contribution >= 0.6 is 0 Å². The molecule has 0 unspecified atom stereocenters. The van der Waals surface area contributed by atoms with Crippen molar-refractivity contribution in [2.24, 2.45) is 0 Å². The highest BCUT2D eigenvalue weighted by molar-refractivity contribution is 6.74. The van der Waals surface area contributed by atoms with E-state index in [4.69, 9.17) is 14.3 Å². The second-order valence-corrected chi connectivity index (χ2v) is 12.7. The van der Waals surface area contributed by atoms with Gasteiger partial charge >= 0.3 is 6.09 Å². The van der Waals surface area contributed by atoms with Crippen LogP contribution in [0.1, 0.15) is 33.3 Å². The number of amides is 1. The van der Waals surface area contributed by atoms with Gasteiger partial charge in [-0.25, -0.2) is 4.79 Å². The van der Waals surface area contributed by atoms with Gasteiger partial charge in [-0.05, 0) is 30.6 Å². The molecule has 146 valence electrons. The Bertz CT molecular complexity index is 581. The Labute approximate surface area is 158 Å². The monoisotopic (exact) mass is 379 g/mol. The van der Waals surface area contributed by atoms with E-state index in [2.05, 4.69) is 39.2 Å². The molecule has 2 atom stereocenters. The summed E-state index contributed by atoms with van der Waals surface area (Å²) in [6.45, 7) is 12.9. The van der Waals surface area contributed by atoms with E-state index in [1.54, 1.807) is 12.2 Å². The van der Waals surface area contributed by atoms with Crippen molar-refractivity contribution in [2.75, 3.05) is 6.61 Å². The average molecular weight is 380 g/mol. The number of ether oxygens (including phenoxy) is 1. The Balaban J connectivity index is 2.70. The number of carbonyl (C=O) groups excluding carboxylic acids is 1. The van der Waals surface area contributed by atoms with Crippen LogP contribution in [0.5, 0.6) is 0 Å². The zero-order valence-electron chi connectivity index (χ0n) is 16.8. The smallest absolute Gasteiger partial charge is 0.408 e. The Morgan fingerprint density at radius 2 is 1.88 bits per heavy atom. The van der Waals surface area contributed by atoms with Gasteiger partial charge in [-0.2, -0.15) is 0 Å². The largest absolute Gasteiger partial charge is 0.445 e. The fourth-order valence-corrected chi connectivity index (χ4v) is 3.57. The van der Waals surface area contributed by atoms with Crippen molar-refractivity contribution in [2.45, 2.75) is 64.6 Å².